The molecule has 0 aromatic heterocycles. The zero-order chi connectivity index (χ0) is 11.3. The molecule has 1 aromatic rings. The maximum Gasteiger partial charge on any atom is 0.271 e. The van der Waals surface area contributed by atoms with E-state index in [1.807, 2.05) is 13.8 Å². The second-order valence-electron chi connectivity index (χ2n) is 3.26. The molecule has 0 saturated carbocycles. The van der Waals surface area contributed by atoms with Gasteiger partial charge in [-0.25, -0.2) is 5.43 Å². The monoisotopic (exact) mass is 205 g/mol. The van der Waals surface area contributed by atoms with Crippen molar-refractivity contribution in [2.24, 2.45) is 5.10 Å². The Balaban J connectivity index is 2.66. The summed E-state index contributed by atoms with van der Waals surface area (Å²) in [6.07, 6.45) is 0.821. The first-order valence-electron chi connectivity index (χ1n) is 4.82. The molecular weight excluding hydrogens is 190 g/mol. The van der Waals surface area contributed by atoms with Gasteiger partial charge in [0.15, 0.2) is 0 Å². The van der Waals surface area contributed by atoms with E-state index >= 15 is 0 Å². The topological polar surface area (TPSA) is 67.5 Å². The first-order valence-corrected chi connectivity index (χ1v) is 4.82. The number of hydrogen-bond acceptors (Lipinski definition) is 3. The third-order valence-electron chi connectivity index (χ3n) is 2.03. The Hall–Kier alpha value is -1.84. The van der Waals surface area contributed by atoms with Crippen molar-refractivity contribution in [2.75, 3.05) is 5.73 Å². The summed E-state index contributed by atoms with van der Waals surface area (Å²) in [6.45, 7) is 3.84. The summed E-state index contributed by atoms with van der Waals surface area (Å²) in [6, 6.07) is 6.71. The molecule has 0 aliphatic carbocycles. The highest BCUT2D eigenvalue weighted by Gasteiger charge is 2.02. The SMILES string of the molecule is CC/C(C)=N/NC(=O)c1ccc(N)cc1. The minimum Gasteiger partial charge on any atom is -0.399 e. The van der Waals surface area contributed by atoms with E-state index in [-0.39, 0.29) is 5.91 Å². The van der Waals surface area contributed by atoms with Crippen molar-refractivity contribution < 1.29 is 4.79 Å². The lowest BCUT2D eigenvalue weighted by atomic mass is 10.2. The fraction of sp³-hybridized carbons (Fsp3) is 0.273. The van der Waals surface area contributed by atoms with Gasteiger partial charge in [-0.1, -0.05) is 6.92 Å². The molecule has 0 heterocycles. The van der Waals surface area contributed by atoms with Crippen molar-refractivity contribution in [2.45, 2.75) is 20.3 Å². The van der Waals surface area contributed by atoms with E-state index in [0.717, 1.165) is 12.1 Å². The largest absolute Gasteiger partial charge is 0.399 e. The molecule has 3 N–H and O–H groups in total. The van der Waals surface area contributed by atoms with Crippen molar-refractivity contribution in [3.05, 3.63) is 29.8 Å². The van der Waals surface area contributed by atoms with E-state index in [2.05, 4.69) is 10.5 Å². The molecule has 0 fully saturated rings. The fourth-order valence-electron chi connectivity index (χ4n) is 0.924. The molecule has 80 valence electrons. The van der Waals surface area contributed by atoms with Gasteiger partial charge in [-0.15, -0.1) is 0 Å². The summed E-state index contributed by atoms with van der Waals surface area (Å²) in [4.78, 5) is 11.5. The number of nitrogens with zero attached hydrogens (tertiary/aromatic N) is 1. The Labute approximate surface area is 89.2 Å². The zero-order valence-electron chi connectivity index (χ0n) is 8.95. The number of carbonyl (C=O) groups is 1. The number of amides is 1. The summed E-state index contributed by atoms with van der Waals surface area (Å²) >= 11 is 0. The van der Waals surface area contributed by atoms with Crippen LogP contribution in [-0.2, 0) is 0 Å². The maximum atomic E-state index is 11.5. The van der Waals surface area contributed by atoms with E-state index < -0.39 is 0 Å². The highest BCUT2D eigenvalue weighted by atomic mass is 16.2. The van der Waals surface area contributed by atoms with E-state index in [0.29, 0.717) is 11.3 Å². The van der Waals surface area contributed by atoms with Crippen LogP contribution in [0.4, 0.5) is 5.69 Å². The van der Waals surface area contributed by atoms with E-state index in [1.54, 1.807) is 24.3 Å². The van der Waals surface area contributed by atoms with E-state index in [1.165, 1.54) is 0 Å². The highest BCUT2D eigenvalue weighted by Crippen LogP contribution is 2.04. The van der Waals surface area contributed by atoms with Crippen LogP contribution in [0.3, 0.4) is 0 Å². The average molecular weight is 205 g/mol. The second-order valence-corrected chi connectivity index (χ2v) is 3.26. The average Bonchev–Trinajstić information content (AvgIpc) is 2.26. The predicted octanol–water partition coefficient (Wildman–Crippen LogP) is 1.78. The van der Waals surface area contributed by atoms with Gasteiger partial charge in [-0.2, -0.15) is 5.10 Å². The molecule has 4 nitrogen and oxygen atoms in total. The molecule has 1 amide bonds. The van der Waals surface area contributed by atoms with E-state index in [4.69, 9.17) is 5.73 Å². The van der Waals surface area contributed by atoms with Gasteiger partial charge < -0.3 is 5.73 Å². The highest BCUT2D eigenvalue weighted by molar-refractivity contribution is 5.95. The van der Waals surface area contributed by atoms with Gasteiger partial charge in [-0.05, 0) is 37.6 Å². The van der Waals surface area contributed by atoms with Gasteiger partial charge in [0.1, 0.15) is 0 Å². The number of hydrogen-bond donors (Lipinski definition) is 2. The number of benzene rings is 1. The first kappa shape index (κ1) is 11.2. The van der Waals surface area contributed by atoms with Crippen molar-refractivity contribution in [3.8, 4) is 0 Å². The molecule has 4 heteroatoms. The summed E-state index contributed by atoms with van der Waals surface area (Å²) < 4.78 is 0. The van der Waals surface area contributed by atoms with Crippen molar-refractivity contribution in [1.82, 2.24) is 5.43 Å². The minimum atomic E-state index is -0.220. The van der Waals surface area contributed by atoms with Gasteiger partial charge in [-0.3, -0.25) is 4.79 Å². The molecule has 0 bridgehead atoms. The first-order chi connectivity index (χ1) is 7.13. The standard InChI is InChI=1S/C11H15N3O/c1-3-8(2)13-14-11(15)9-4-6-10(12)7-5-9/h4-7H,3,12H2,1-2H3,(H,14,15)/b13-8+. The molecule has 0 aliphatic rings. The third kappa shape index (κ3) is 3.42. The molecule has 0 saturated heterocycles. The van der Waals surface area contributed by atoms with Crippen LogP contribution < -0.4 is 11.2 Å². The molecular formula is C11H15N3O. The lowest BCUT2D eigenvalue weighted by Gasteiger charge is -2.01. The van der Waals surface area contributed by atoms with Gasteiger partial charge >= 0.3 is 0 Å². The van der Waals surface area contributed by atoms with Crippen molar-refractivity contribution in [3.63, 3.8) is 0 Å². The van der Waals surface area contributed by atoms with Crippen LogP contribution in [0.15, 0.2) is 29.4 Å². The maximum absolute atomic E-state index is 11.5. The Kier molecular flexibility index (Phi) is 3.85. The van der Waals surface area contributed by atoms with Crippen molar-refractivity contribution in [1.29, 1.82) is 0 Å². The summed E-state index contributed by atoms with van der Waals surface area (Å²) in [5.41, 5.74) is 10.1. The van der Waals surface area contributed by atoms with Gasteiger partial charge in [0.25, 0.3) is 5.91 Å². The number of hydrazone groups is 1. The number of nitrogen functional groups attached to an aromatic ring is 1. The van der Waals surface area contributed by atoms with Crippen LogP contribution in [0.1, 0.15) is 30.6 Å². The van der Waals surface area contributed by atoms with Crippen LogP contribution in [0.5, 0.6) is 0 Å². The number of anilines is 1. The molecule has 0 spiro atoms. The zero-order valence-corrected chi connectivity index (χ0v) is 8.95. The van der Waals surface area contributed by atoms with Crippen LogP contribution in [0.25, 0.3) is 0 Å². The number of rotatable bonds is 3. The van der Waals surface area contributed by atoms with Gasteiger partial charge in [0.2, 0.25) is 0 Å². The smallest absolute Gasteiger partial charge is 0.271 e. The third-order valence-corrected chi connectivity index (χ3v) is 2.03. The normalized spacial score (nSPS) is 11.2. The lowest BCUT2D eigenvalue weighted by Crippen LogP contribution is -2.18. The van der Waals surface area contributed by atoms with Crippen molar-refractivity contribution >= 4 is 17.3 Å². The summed E-state index contributed by atoms with van der Waals surface area (Å²) in [5.74, 6) is -0.220. The van der Waals surface area contributed by atoms with Crippen LogP contribution in [-0.4, -0.2) is 11.6 Å². The molecule has 0 unspecified atom stereocenters. The quantitative estimate of drug-likeness (QED) is 0.448. The van der Waals surface area contributed by atoms with Crippen LogP contribution in [0, 0.1) is 0 Å². The van der Waals surface area contributed by atoms with Crippen LogP contribution in [0.2, 0.25) is 0 Å². The Morgan fingerprint density at radius 2 is 2.00 bits per heavy atom. The molecule has 0 radical (unpaired) electrons. The molecule has 0 atom stereocenters. The molecule has 15 heavy (non-hydrogen) atoms. The Morgan fingerprint density at radius 1 is 1.40 bits per heavy atom. The van der Waals surface area contributed by atoms with E-state index in [9.17, 15) is 4.79 Å². The van der Waals surface area contributed by atoms with Gasteiger partial charge in [0, 0.05) is 17.0 Å². The lowest BCUT2D eigenvalue weighted by molar-refractivity contribution is 0.0954. The summed E-state index contributed by atoms with van der Waals surface area (Å²) in [7, 11) is 0. The van der Waals surface area contributed by atoms with Gasteiger partial charge in [0.05, 0.1) is 0 Å². The predicted molar refractivity (Wildman–Crippen MR) is 61.7 cm³/mol. The number of nitrogens with one attached hydrogen (secondary N) is 1. The molecule has 0 aliphatic heterocycles. The van der Waals surface area contributed by atoms with Crippen LogP contribution >= 0.6 is 0 Å². The molecule has 1 rings (SSSR count). The number of nitrogens with two attached hydrogens (primary N) is 1. The molecule has 1 aromatic carbocycles. The summed E-state index contributed by atoms with van der Waals surface area (Å²) in [5, 5.41) is 3.93. The minimum absolute atomic E-state index is 0.220. The Bertz CT molecular complexity index is 368. The second kappa shape index (κ2) is 5.14. The fourth-order valence-corrected chi connectivity index (χ4v) is 0.924. The Morgan fingerprint density at radius 3 is 2.53 bits per heavy atom. The number of carbonyl (C=O) groups excluding carboxylic acids is 1.